The Hall–Kier alpha value is -3.89. The molecule has 0 aliphatic carbocycles. The first-order chi connectivity index (χ1) is 16.7. The average Bonchev–Trinajstić information content (AvgIpc) is 3.40. The number of carbonyl (C=O) groups is 1. The topological polar surface area (TPSA) is 105 Å². The number of hydrogen-bond donors (Lipinski definition) is 1. The van der Waals surface area contributed by atoms with E-state index in [0.29, 0.717) is 18.9 Å². The minimum absolute atomic E-state index is 0.137. The lowest BCUT2D eigenvalue weighted by Crippen LogP contribution is -2.47. The summed E-state index contributed by atoms with van der Waals surface area (Å²) < 4.78 is 7.74. The first-order valence-corrected chi connectivity index (χ1v) is 11.7. The number of carbonyl (C=O) groups excluding carboxylic acids is 1. The summed E-state index contributed by atoms with van der Waals surface area (Å²) in [6, 6.07) is 6.17. The third kappa shape index (κ3) is 3.76. The van der Waals surface area contributed by atoms with Crippen LogP contribution in [0.4, 0.5) is 28.8 Å². The molecule has 0 unspecified atom stereocenters. The number of amides is 1. The van der Waals surface area contributed by atoms with Crippen LogP contribution in [0.1, 0.15) is 19.3 Å². The number of fused-ring (bicyclic) bond motifs is 3. The van der Waals surface area contributed by atoms with E-state index in [-0.39, 0.29) is 11.9 Å². The molecule has 1 atom stereocenters. The zero-order valence-electron chi connectivity index (χ0n) is 19.1. The van der Waals surface area contributed by atoms with E-state index in [2.05, 4.69) is 41.3 Å². The van der Waals surface area contributed by atoms with Crippen molar-refractivity contribution in [2.24, 2.45) is 7.05 Å². The zero-order valence-corrected chi connectivity index (χ0v) is 19.1. The minimum Gasteiger partial charge on any atom is -0.476 e. The highest BCUT2D eigenvalue weighted by Crippen LogP contribution is 2.38. The maximum atomic E-state index is 12.5. The molecule has 6 rings (SSSR count). The highest BCUT2D eigenvalue weighted by Gasteiger charge is 2.36. The third-order valence-electron chi connectivity index (χ3n) is 6.74. The predicted molar refractivity (Wildman–Crippen MR) is 128 cm³/mol. The van der Waals surface area contributed by atoms with Crippen molar-refractivity contribution in [3.8, 4) is 5.88 Å². The first kappa shape index (κ1) is 20.7. The molecule has 3 aliphatic rings. The van der Waals surface area contributed by atoms with Crippen LogP contribution in [-0.2, 0) is 11.8 Å². The van der Waals surface area contributed by atoms with E-state index in [4.69, 9.17) is 4.74 Å². The van der Waals surface area contributed by atoms with Crippen LogP contribution in [0.2, 0.25) is 0 Å². The molecule has 3 aliphatic heterocycles. The van der Waals surface area contributed by atoms with Gasteiger partial charge in [-0.15, -0.1) is 10.2 Å². The smallest absolute Gasteiger partial charge is 0.238 e. The largest absolute Gasteiger partial charge is 0.476 e. The van der Waals surface area contributed by atoms with E-state index in [0.717, 1.165) is 67.8 Å². The number of rotatable bonds is 4. The Morgan fingerprint density at radius 1 is 1.06 bits per heavy atom. The van der Waals surface area contributed by atoms with Gasteiger partial charge in [-0.2, -0.15) is 0 Å². The van der Waals surface area contributed by atoms with Gasteiger partial charge in [-0.25, -0.2) is 9.97 Å². The van der Waals surface area contributed by atoms with Crippen LogP contribution >= 0.6 is 0 Å². The molecular weight excluding hydrogens is 434 g/mol. The zero-order chi connectivity index (χ0) is 23.1. The van der Waals surface area contributed by atoms with Gasteiger partial charge in [-0.1, -0.05) is 0 Å². The molecule has 2 saturated heterocycles. The predicted octanol–water partition coefficient (Wildman–Crippen LogP) is 1.95. The van der Waals surface area contributed by atoms with Crippen LogP contribution in [0.25, 0.3) is 0 Å². The highest BCUT2D eigenvalue weighted by molar-refractivity contribution is 5.98. The van der Waals surface area contributed by atoms with E-state index in [1.807, 2.05) is 34.8 Å². The normalized spacial score (nSPS) is 20.0. The summed E-state index contributed by atoms with van der Waals surface area (Å²) >= 11 is 0. The number of ether oxygens (including phenoxy) is 1. The second-order valence-electron chi connectivity index (χ2n) is 8.88. The fourth-order valence-electron chi connectivity index (χ4n) is 4.96. The molecule has 3 aromatic rings. The van der Waals surface area contributed by atoms with Crippen molar-refractivity contribution >= 4 is 34.7 Å². The van der Waals surface area contributed by atoms with Gasteiger partial charge in [0.2, 0.25) is 17.7 Å². The lowest BCUT2D eigenvalue weighted by atomic mass is 10.1. The lowest BCUT2D eigenvalue weighted by Gasteiger charge is -2.36. The molecule has 3 aromatic heterocycles. The third-order valence-corrected chi connectivity index (χ3v) is 6.74. The van der Waals surface area contributed by atoms with Gasteiger partial charge in [0, 0.05) is 52.1 Å². The summed E-state index contributed by atoms with van der Waals surface area (Å²) in [7, 11) is 1.96. The lowest BCUT2D eigenvalue weighted by molar-refractivity contribution is -0.117. The van der Waals surface area contributed by atoms with Crippen LogP contribution in [0, 0.1) is 0 Å². The fraction of sp³-hybridized carbons (Fsp3) is 0.435. The van der Waals surface area contributed by atoms with Gasteiger partial charge in [-0.05, 0) is 24.6 Å². The van der Waals surface area contributed by atoms with Crippen molar-refractivity contribution in [3.63, 3.8) is 0 Å². The number of aryl methyl sites for hydroxylation is 1. The van der Waals surface area contributed by atoms with Gasteiger partial charge in [0.25, 0.3) is 0 Å². The van der Waals surface area contributed by atoms with Gasteiger partial charge in [0.15, 0.2) is 0 Å². The van der Waals surface area contributed by atoms with Crippen LogP contribution < -0.4 is 24.8 Å². The molecule has 34 heavy (non-hydrogen) atoms. The SMILES string of the molecule is Cn1cnnc1N1CCN(c2ccc(Nc3cnc4c(c3)N3C(=O)CC[C@H]3CCO4)nc2)CC1. The highest BCUT2D eigenvalue weighted by atomic mass is 16.5. The van der Waals surface area contributed by atoms with Crippen molar-refractivity contribution in [2.75, 3.05) is 52.8 Å². The van der Waals surface area contributed by atoms with Crippen molar-refractivity contribution < 1.29 is 9.53 Å². The summed E-state index contributed by atoms with van der Waals surface area (Å²) in [5.41, 5.74) is 2.61. The molecule has 1 amide bonds. The second-order valence-corrected chi connectivity index (χ2v) is 8.88. The number of hydrogen-bond acceptors (Lipinski definition) is 9. The molecule has 11 heteroatoms. The summed E-state index contributed by atoms with van der Waals surface area (Å²) in [4.78, 5) is 28.0. The van der Waals surface area contributed by atoms with E-state index in [1.54, 1.807) is 12.5 Å². The molecule has 0 aromatic carbocycles. The molecule has 0 bridgehead atoms. The number of pyridine rings is 2. The van der Waals surface area contributed by atoms with Gasteiger partial charge in [-0.3, -0.25) is 4.79 Å². The van der Waals surface area contributed by atoms with E-state index < -0.39 is 0 Å². The molecule has 0 saturated carbocycles. The van der Waals surface area contributed by atoms with E-state index >= 15 is 0 Å². The number of nitrogens with one attached hydrogen (secondary N) is 1. The summed E-state index contributed by atoms with van der Waals surface area (Å²) in [6.45, 7) is 4.12. The molecule has 6 heterocycles. The van der Waals surface area contributed by atoms with Crippen LogP contribution in [-0.4, -0.2) is 69.5 Å². The maximum absolute atomic E-state index is 12.5. The average molecular weight is 462 g/mol. The number of nitrogens with zero attached hydrogens (tertiary/aromatic N) is 8. The monoisotopic (exact) mass is 461 g/mol. The van der Waals surface area contributed by atoms with Crippen molar-refractivity contribution in [3.05, 3.63) is 36.9 Å². The Bertz CT molecular complexity index is 1190. The standard InChI is InChI=1S/C23H27N9O2/c1-29-15-26-28-23(29)31-9-7-30(8-10-31)18-2-4-20(24-14-18)27-16-12-19-22(25-13-16)34-11-6-17-3-5-21(33)32(17)19/h2,4,12-15,17H,3,5-11H2,1H3,(H,24,27)/t17-/m0/s1. The van der Waals surface area contributed by atoms with Gasteiger partial charge in [0.05, 0.1) is 30.4 Å². The Balaban J connectivity index is 1.13. The summed E-state index contributed by atoms with van der Waals surface area (Å²) in [6.07, 6.45) is 7.63. The van der Waals surface area contributed by atoms with Crippen molar-refractivity contribution in [1.29, 1.82) is 0 Å². The Kier molecular flexibility index (Phi) is 5.16. The molecule has 176 valence electrons. The van der Waals surface area contributed by atoms with Crippen LogP contribution in [0.15, 0.2) is 36.9 Å². The number of piperazine rings is 1. The quantitative estimate of drug-likeness (QED) is 0.624. The maximum Gasteiger partial charge on any atom is 0.238 e. The molecule has 1 N–H and O–H groups in total. The fourth-order valence-corrected chi connectivity index (χ4v) is 4.96. The second kappa shape index (κ2) is 8.47. The molecular formula is C23H27N9O2. The number of anilines is 5. The molecule has 11 nitrogen and oxygen atoms in total. The van der Waals surface area contributed by atoms with Crippen LogP contribution in [0.3, 0.4) is 0 Å². The van der Waals surface area contributed by atoms with Gasteiger partial charge < -0.3 is 29.3 Å². The van der Waals surface area contributed by atoms with Gasteiger partial charge >= 0.3 is 0 Å². The van der Waals surface area contributed by atoms with Crippen molar-refractivity contribution in [2.45, 2.75) is 25.3 Å². The van der Waals surface area contributed by atoms with Crippen molar-refractivity contribution in [1.82, 2.24) is 24.7 Å². The number of aromatic nitrogens is 5. The summed E-state index contributed by atoms with van der Waals surface area (Å²) in [5.74, 6) is 2.28. The Labute approximate surface area is 197 Å². The molecule has 2 fully saturated rings. The van der Waals surface area contributed by atoms with E-state index in [1.165, 1.54) is 0 Å². The first-order valence-electron chi connectivity index (χ1n) is 11.7. The molecule has 0 radical (unpaired) electrons. The minimum atomic E-state index is 0.137. The molecule has 0 spiro atoms. The Morgan fingerprint density at radius 2 is 1.91 bits per heavy atom. The summed E-state index contributed by atoms with van der Waals surface area (Å²) in [5, 5.41) is 11.5. The Morgan fingerprint density at radius 3 is 2.68 bits per heavy atom. The van der Waals surface area contributed by atoms with Crippen LogP contribution in [0.5, 0.6) is 5.88 Å². The van der Waals surface area contributed by atoms with Gasteiger partial charge in [0.1, 0.15) is 17.8 Å². The van der Waals surface area contributed by atoms with E-state index in [9.17, 15) is 4.79 Å².